The predicted molar refractivity (Wildman–Crippen MR) is 196 cm³/mol. The summed E-state index contributed by atoms with van der Waals surface area (Å²) in [5.41, 5.74) is 4.93. The highest BCUT2D eigenvalue weighted by molar-refractivity contribution is 8.00. The molecule has 0 aliphatic carbocycles. The Morgan fingerprint density at radius 2 is 1.60 bits per heavy atom. The van der Waals surface area contributed by atoms with Crippen molar-refractivity contribution in [2.75, 3.05) is 37.9 Å². The van der Waals surface area contributed by atoms with Crippen molar-refractivity contribution in [3.05, 3.63) is 58.4 Å². The summed E-state index contributed by atoms with van der Waals surface area (Å²) in [7, 11) is -4.43. The van der Waals surface area contributed by atoms with Crippen molar-refractivity contribution in [1.82, 2.24) is 9.55 Å². The Kier molecular flexibility index (Phi) is 21.5. The molecule has 2 heterocycles. The third-order valence-electron chi connectivity index (χ3n) is 8.56. The molecule has 0 spiro atoms. The van der Waals surface area contributed by atoms with Gasteiger partial charge in [-0.2, -0.15) is 4.98 Å². The molecular weight excluding hydrogens is 684 g/mol. The average Bonchev–Trinajstić information content (AvgIpc) is 3.58. The lowest BCUT2D eigenvalue weighted by Crippen LogP contribution is -2.30. The first-order valence-corrected chi connectivity index (χ1v) is 21.0. The Balaban J connectivity index is 1.27. The van der Waals surface area contributed by atoms with Crippen LogP contribution in [0.1, 0.15) is 121 Å². The molecule has 4 atom stereocenters. The number of phosphoric ester groups is 1. The second-order valence-electron chi connectivity index (χ2n) is 12.8. The fourth-order valence-corrected chi connectivity index (χ4v) is 7.46. The molecule has 1 aliphatic heterocycles. The van der Waals surface area contributed by atoms with Crippen LogP contribution in [0, 0.1) is 5.82 Å². The summed E-state index contributed by atoms with van der Waals surface area (Å²) in [6, 6.07) is 9.75. The lowest BCUT2D eigenvalue weighted by atomic mass is 10.1. The number of anilines is 1. The summed E-state index contributed by atoms with van der Waals surface area (Å²) in [4.78, 5) is 25.9. The van der Waals surface area contributed by atoms with E-state index in [9.17, 15) is 18.6 Å². The number of phosphoric acid groups is 1. The number of hydrogen-bond acceptors (Lipinski definition) is 10. The second-order valence-corrected chi connectivity index (χ2v) is 15.5. The van der Waals surface area contributed by atoms with Crippen LogP contribution in [0.15, 0.2) is 41.3 Å². The number of ether oxygens (including phenoxy) is 3. The zero-order valence-corrected chi connectivity index (χ0v) is 31.5. The molecule has 50 heavy (non-hydrogen) atoms. The van der Waals surface area contributed by atoms with E-state index < -0.39 is 36.8 Å². The first-order valence-electron chi connectivity index (χ1n) is 18.4. The molecule has 1 saturated heterocycles. The highest BCUT2D eigenvalue weighted by Crippen LogP contribution is 2.45. The van der Waals surface area contributed by atoms with Gasteiger partial charge >= 0.3 is 13.5 Å². The van der Waals surface area contributed by atoms with Gasteiger partial charge in [-0.25, -0.2) is 13.8 Å². The summed E-state index contributed by atoms with van der Waals surface area (Å²) >= 11 is 1.26. The molecule has 1 aromatic heterocycles. The largest absolute Gasteiger partial charge is 0.472 e. The van der Waals surface area contributed by atoms with Crippen molar-refractivity contribution in [1.29, 1.82) is 0 Å². The molecule has 0 bridgehead atoms. The van der Waals surface area contributed by atoms with E-state index in [2.05, 4.69) is 11.9 Å². The Morgan fingerprint density at radius 3 is 2.26 bits per heavy atom. The molecule has 3 N–H and O–H groups in total. The van der Waals surface area contributed by atoms with E-state index in [1.54, 1.807) is 0 Å². The maximum absolute atomic E-state index is 13.8. The minimum absolute atomic E-state index is 0.102. The Labute approximate surface area is 301 Å². The zero-order chi connectivity index (χ0) is 35.9. The van der Waals surface area contributed by atoms with Crippen LogP contribution in [0.4, 0.5) is 10.2 Å². The number of nitrogens with two attached hydrogens (primary N) is 1. The van der Waals surface area contributed by atoms with E-state index in [0.29, 0.717) is 18.8 Å². The second kappa shape index (κ2) is 25.2. The van der Waals surface area contributed by atoms with Gasteiger partial charge in [0.25, 0.3) is 0 Å². The van der Waals surface area contributed by atoms with Gasteiger partial charge in [-0.3, -0.25) is 13.6 Å². The zero-order valence-electron chi connectivity index (χ0n) is 29.8. The minimum atomic E-state index is -4.43. The van der Waals surface area contributed by atoms with E-state index in [4.69, 9.17) is 29.0 Å². The number of nitrogens with zero attached hydrogens (tertiary/aromatic N) is 2. The average molecular weight is 744 g/mol. The molecule has 284 valence electrons. The highest BCUT2D eigenvalue weighted by Gasteiger charge is 2.32. The molecule has 0 amide bonds. The number of benzene rings is 1. The van der Waals surface area contributed by atoms with Crippen molar-refractivity contribution in [2.45, 2.75) is 134 Å². The Hall–Kier alpha value is -1.83. The molecule has 11 nitrogen and oxygen atoms in total. The van der Waals surface area contributed by atoms with E-state index in [-0.39, 0.29) is 19.3 Å². The standard InChI is InChI=1S/C36H59FN3O8PS/c1-2-3-4-5-9-12-18-23-44-24-19-13-10-7-6-8-11-17-22-31(45-26-30-20-15-14-16-21-30)27-46-49(42,43)47-28-34-48-33(29-50-34)40-25-32(37)35(38)39-36(40)41/h14-16,20-21,25,31,33-34H,2-13,17-19,22-24,26-29H2,1H3,(H,42,43)(H2,38,39,41)/t31-,33-,34+/m1/s1. The lowest BCUT2D eigenvalue weighted by Gasteiger charge is -2.21. The normalized spacial score (nSPS) is 18.0. The van der Waals surface area contributed by atoms with Gasteiger partial charge in [0, 0.05) is 19.0 Å². The van der Waals surface area contributed by atoms with Crippen LogP contribution in [0.2, 0.25) is 0 Å². The summed E-state index contributed by atoms with van der Waals surface area (Å²) in [6.45, 7) is 4.01. The maximum Gasteiger partial charge on any atom is 0.472 e. The van der Waals surface area contributed by atoms with Crippen LogP contribution >= 0.6 is 19.6 Å². The van der Waals surface area contributed by atoms with Crippen LogP contribution in [-0.4, -0.2) is 58.2 Å². The van der Waals surface area contributed by atoms with E-state index >= 15 is 0 Å². The van der Waals surface area contributed by atoms with Gasteiger partial charge in [0.15, 0.2) is 11.6 Å². The van der Waals surface area contributed by atoms with Crippen LogP contribution in [-0.2, 0) is 34.4 Å². The summed E-state index contributed by atoms with van der Waals surface area (Å²) in [5.74, 6) is -1.03. The van der Waals surface area contributed by atoms with Gasteiger partial charge in [-0.15, -0.1) is 11.8 Å². The van der Waals surface area contributed by atoms with Crippen molar-refractivity contribution >= 4 is 25.4 Å². The fraction of sp³-hybridized carbons (Fsp3) is 0.722. The van der Waals surface area contributed by atoms with Crippen molar-refractivity contribution in [3.63, 3.8) is 0 Å². The van der Waals surface area contributed by atoms with Crippen LogP contribution < -0.4 is 11.4 Å². The third kappa shape index (κ3) is 18.1. The quantitative estimate of drug-likeness (QED) is 0.0611. The molecular formula is C36H59FN3O8PS. The number of rotatable bonds is 29. The Bertz CT molecular complexity index is 1290. The SMILES string of the molecule is CCCCCCCCCOCCCCCCCCCC[C@H](COP(=O)(O)OC[C@H]1O[C@@H](n2cc(F)c(N)nc2=O)CS1)OCc1ccccc1. The number of halogens is 1. The Morgan fingerprint density at radius 1 is 0.980 bits per heavy atom. The molecule has 1 aromatic carbocycles. The molecule has 1 unspecified atom stereocenters. The number of unbranched alkanes of at least 4 members (excludes halogenated alkanes) is 13. The smallest absolute Gasteiger partial charge is 0.381 e. The van der Waals surface area contributed by atoms with E-state index in [1.165, 1.54) is 82.4 Å². The van der Waals surface area contributed by atoms with Crippen LogP contribution in [0.3, 0.4) is 0 Å². The van der Waals surface area contributed by atoms with Crippen molar-refractivity contribution in [2.24, 2.45) is 0 Å². The van der Waals surface area contributed by atoms with Gasteiger partial charge in [0.2, 0.25) is 0 Å². The van der Waals surface area contributed by atoms with Crippen molar-refractivity contribution < 1.29 is 37.1 Å². The molecule has 2 aromatic rings. The minimum Gasteiger partial charge on any atom is -0.381 e. The van der Waals surface area contributed by atoms with Gasteiger partial charge < -0.3 is 24.8 Å². The monoisotopic (exact) mass is 743 g/mol. The van der Waals surface area contributed by atoms with E-state index in [0.717, 1.165) is 55.2 Å². The van der Waals surface area contributed by atoms with Gasteiger partial charge in [0.05, 0.1) is 32.1 Å². The summed E-state index contributed by atoms with van der Waals surface area (Å²) in [5, 5.41) is 0. The summed E-state index contributed by atoms with van der Waals surface area (Å²) < 4.78 is 55.7. The molecule has 14 heteroatoms. The number of aromatic nitrogens is 2. The number of nitrogen functional groups attached to an aromatic ring is 1. The lowest BCUT2D eigenvalue weighted by molar-refractivity contribution is -0.0210. The first-order chi connectivity index (χ1) is 24.3. The van der Waals surface area contributed by atoms with Gasteiger partial charge in [-0.05, 0) is 24.8 Å². The maximum atomic E-state index is 13.8. The van der Waals surface area contributed by atoms with Gasteiger partial charge in [-0.1, -0.05) is 121 Å². The third-order valence-corrected chi connectivity index (χ3v) is 10.6. The number of hydrogen-bond donors (Lipinski definition) is 2. The van der Waals surface area contributed by atoms with Crippen LogP contribution in [0.25, 0.3) is 0 Å². The van der Waals surface area contributed by atoms with E-state index in [1.807, 2.05) is 30.3 Å². The molecule has 0 radical (unpaired) electrons. The highest BCUT2D eigenvalue weighted by atomic mass is 32.2. The van der Waals surface area contributed by atoms with Gasteiger partial charge in [0.1, 0.15) is 11.7 Å². The first kappa shape index (κ1) is 42.6. The summed E-state index contributed by atoms with van der Waals surface area (Å²) in [6.07, 6.45) is 18.7. The van der Waals surface area contributed by atoms with Crippen LogP contribution in [0.5, 0.6) is 0 Å². The topological polar surface area (TPSA) is 144 Å². The molecule has 3 rings (SSSR count). The van der Waals surface area contributed by atoms with Crippen molar-refractivity contribution in [3.8, 4) is 0 Å². The molecule has 0 saturated carbocycles. The number of thioether (sulfide) groups is 1. The molecule has 1 fully saturated rings. The predicted octanol–water partition coefficient (Wildman–Crippen LogP) is 8.55. The fourth-order valence-electron chi connectivity index (χ4n) is 5.61. The molecule has 1 aliphatic rings.